The predicted molar refractivity (Wildman–Crippen MR) is 102 cm³/mol. The molecular weight excluding hydrogens is 348 g/mol. The number of benzene rings is 1. The van der Waals surface area contributed by atoms with Crippen LogP contribution in [0.3, 0.4) is 0 Å². The van der Waals surface area contributed by atoms with Crippen molar-refractivity contribution in [1.29, 1.82) is 0 Å². The summed E-state index contributed by atoms with van der Waals surface area (Å²) in [5, 5.41) is 5.07. The molecule has 1 aliphatic rings. The average molecular weight is 368 g/mol. The lowest BCUT2D eigenvalue weighted by molar-refractivity contribution is 0.0903. The van der Waals surface area contributed by atoms with E-state index in [0.717, 1.165) is 32.5 Å². The van der Waals surface area contributed by atoms with Gasteiger partial charge in [-0.05, 0) is 36.4 Å². The highest BCUT2D eigenvalue weighted by atomic mass is 32.1. The van der Waals surface area contributed by atoms with E-state index in [2.05, 4.69) is 37.7 Å². The van der Waals surface area contributed by atoms with Crippen LogP contribution >= 0.6 is 11.3 Å². The van der Waals surface area contributed by atoms with Crippen molar-refractivity contribution in [3.05, 3.63) is 62.7 Å². The summed E-state index contributed by atoms with van der Waals surface area (Å²) in [6.07, 6.45) is 1.76. The van der Waals surface area contributed by atoms with Gasteiger partial charge in [0.05, 0.1) is 11.0 Å². The van der Waals surface area contributed by atoms with Crippen LogP contribution in [0.2, 0.25) is 0 Å². The molecule has 134 valence electrons. The lowest BCUT2D eigenvalue weighted by Crippen LogP contribution is -2.45. The van der Waals surface area contributed by atoms with Gasteiger partial charge >= 0.3 is 0 Å². The number of H-pyrrole nitrogens is 1. The molecule has 7 heteroatoms. The molecular formula is C19H20N4O2S. The van der Waals surface area contributed by atoms with Crippen molar-refractivity contribution in [2.75, 3.05) is 13.1 Å². The fraction of sp³-hybridized carbons (Fsp3) is 0.316. The molecule has 0 saturated carbocycles. The van der Waals surface area contributed by atoms with Gasteiger partial charge in [-0.25, -0.2) is 4.98 Å². The third kappa shape index (κ3) is 3.68. The first-order valence-electron chi connectivity index (χ1n) is 8.74. The van der Waals surface area contributed by atoms with Gasteiger partial charge in [-0.15, -0.1) is 11.3 Å². The van der Waals surface area contributed by atoms with Crippen molar-refractivity contribution in [2.45, 2.75) is 25.4 Å². The number of carbonyl (C=O) groups excluding carboxylic acids is 1. The summed E-state index contributed by atoms with van der Waals surface area (Å²) >= 11 is 1.77. The Morgan fingerprint density at radius 3 is 2.81 bits per heavy atom. The maximum atomic E-state index is 12.5. The quantitative estimate of drug-likeness (QED) is 0.741. The van der Waals surface area contributed by atoms with Gasteiger partial charge in [-0.1, -0.05) is 18.2 Å². The number of hydrogen-bond acceptors (Lipinski definition) is 5. The van der Waals surface area contributed by atoms with Gasteiger partial charge in [-0.2, -0.15) is 0 Å². The maximum Gasteiger partial charge on any atom is 0.280 e. The largest absolute Gasteiger partial charge is 0.348 e. The minimum atomic E-state index is -0.448. The lowest BCUT2D eigenvalue weighted by atomic mass is 10.0. The second-order valence-electron chi connectivity index (χ2n) is 6.53. The molecule has 0 aliphatic carbocycles. The molecule has 3 aromatic rings. The van der Waals surface area contributed by atoms with E-state index in [1.807, 2.05) is 12.1 Å². The van der Waals surface area contributed by atoms with Gasteiger partial charge in [0.1, 0.15) is 0 Å². The number of fused-ring (bicyclic) bond motifs is 1. The Kier molecular flexibility index (Phi) is 4.81. The summed E-state index contributed by atoms with van der Waals surface area (Å²) < 4.78 is 0. The number of thiophene rings is 1. The lowest BCUT2D eigenvalue weighted by Gasteiger charge is -2.31. The minimum Gasteiger partial charge on any atom is -0.348 e. The molecule has 0 bridgehead atoms. The molecule has 1 fully saturated rings. The molecule has 1 amide bonds. The molecule has 3 heterocycles. The molecule has 0 radical (unpaired) electrons. The number of aromatic amines is 1. The molecule has 4 rings (SSSR count). The Morgan fingerprint density at radius 1 is 1.23 bits per heavy atom. The van der Waals surface area contributed by atoms with Crippen molar-refractivity contribution >= 4 is 28.3 Å². The third-order valence-electron chi connectivity index (χ3n) is 4.70. The van der Waals surface area contributed by atoms with E-state index in [1.54, 1.807) is 23.5 Å². The Labute approximate surface area is 154 Å². The Bertz CT molecular complexity index is 959. The minimum absolute atomic E-state index is 0.0651. The van der Waals surface area contributed by atoms with Crippen LogP contribution in [0, 0.1) is 0 Å². The zero-order chi connectivity index (χ0) is 17.9. The van der Waals surface area contributed by atoms with E-state index in [4.69, 9.17) is 0 Å². The molecule has 6 nitrogen and oxygen atoms in total. The van der Waals surface area contributed by atoms with Gasteiger partial charge in [-0.3, -0.25) is 14.5 Å². The van der Waals surface area contributed by atoms with Crippen LogP contribution < -0.4 is 10.9 Å². The van der Waals surface area contributed by atoms with E-state index in [9.17, 15) is 9.59 Å². The second-order valence-corrected chi connectivity index (χ2v) is 7.57. The summed E-state index contributed by atoms with van der Waals surface area (Å²) in [4.78, 5) is 35.4. The smallest absolute Gasteiger partial charge is 0.280 e. The standard InChI is InChI=1S/C19H20N4O2S/c24-18(17-19(25)22-16-6-2-1-5-15(16)21-17)20-13-7-9-23(10-8-13)12-14-4-3-11-26-14/h1-6,11,13H,7-10,12H2,(H,20,24)(H,22,25). The number of para-hydroxylation sites is 2. The molecule has 1 aromatic carbocycles. The van der Waals surface area contributed by atoms with E-state index < -0.39 is 11.5 Å². The topological polar surface area (TPSA) is 78.1 Å². The van der Waals surface area contributed by atoms with Gasteiger partial charge in [0.25, 0.3) is 11.5 Å². The van der Waals surface area contributed by atoms with Crippen molar-refractivity contribution in [1.82, 2.24) is 20.2 Å². The number of hydrogen-bond donors (Lipinski definition) is 2. The van der Waals surface area contributed by atoms with Gasteiger partial charge in [0, 0.05) is 30.6 Å². The number of amides is 1. The van der Waals surface area contributed by atoms with Crippen molar-refractivity contribution in [3.63, 3.8) is 0 Å². The average Bonchev–Trinajstić information content (AvgIpc) is 3.16. The van der Waals surface area contributed by atoms with Crippen LogP contribution in [0.5, 0.6) is 0 Å². The number of piperidine rings is 1. The molecule has 26 heavy (non-hydrogen) atoms. The van der Waals surface area contributed by atoms with Crippen LogP contribution in [-0.2, 0) is 6.54 Å². The van der Waals surface area contributed by atoms with Crippen molar-refractivity contribution in [3.8, 4) is 0 Å². The molecule has 0 atom stereocenters. The highest BCUT2D eigenvalue weighted by Gasteiger charge is 2.23. The van der Waals surface area contributed by atoms with Crippen molar-refractivity contribution < 1.29 is 4.79 Å². The SMILES string of the molecule is O=C(NC1CCN(Cc2cccs2)CC1)c1nc2ccccc2[nH]c1=O. The molecule has 2 N–H and O–H groups in total. The number of nitrogens with zero attached hydrogens (tertiary/aromatic N) is 2. The predicted octanol–water partition coefficient (Wildman–Crippen LogP) is 2.38. The van der Waals surface area contributed by atoms with E-state index in [1.165, 1.54) is 4.88 Å². The summed E-state index contributed by atoms with van der Waals surface area (Å²) in [7, 11) is 0. The number of rotatable bonds is 4. The van der Waals surface area contributed by atoms with Crippen LogP contribution in [0.25, 0.3) is 11.0 Å². The Balaban J connectivity index is 1.38. The highest BCUT2D eigenvalue weighted by Crippen LogP contribution is 2.17. The van der Waals surface area contributed by atoms with E-state index in [0.29, 0.717) is 11.0 Å². The number of nitrogens with one attached hydrogen (secondary N) is 2. The van der Waals surface area contributed by atoms with Gasteiger partial charge in [0.2, 0.25) is 0 Å². The molecule has 0 spiro atoms. The Hall–Kier alpha value is -2.51. The Morgan fingerprint density at radius 2 is 2.04 bits per heavy atom. The summed E-state index contributed by atoms with van der Waals surface area (Å²) in [6.45, 7) is 2.83. The van der Waals surface area contributed by atoms with E-state index >= 15 is 0 Å². The molecule has 0 unspecified atom stereocenters. The number of aromatic nitrogens is 2. The van der Waals surface area contributed by atoms with Crippen LogP contribution in [-0.4, -0.2) is 39.9 Å². The second kappa shape index (κ2) is 7.39. The monoisotopic (exact) mass is 368 g/mol. The zero-order valence-electron chi connectivity index (χ0n) is 14.3. The first-order valence-corrected chi connectivity index (χ1v) is 9.62. The molecule has 1 saturated heterocycles. The van der Waals surface area contributed by atoms with Crippen molar-refractivity contribution in [2.24, 2.45) is 0 Å². The first-order chi connectivity index (χ1) is 12.7. The van der Waals surface area contributed by atoms with E-state index in [-0.39, 0.29) is 11.7 Å². The number of likely N-dealkylation sites (tertiary alicyclic amines) is 1. The summed E-state index contributed by atoms with van der Waals surface area (Å²) in [5.41, 5.74) is 0.736. The fourth-order valence-corrected chi connectivity index (χ4v) is 4.04. The fourth-order valence-electron chi connectivity index (χ4n) is 3.30. The molecule has 2 aromatic heterocycles. The van der Waals surface area contributed by atoms with Gasteiger partial charge < -0.3 is 10.3 Å². The maximum absolute atomic E-state index is 12.5. The normalized spacial score (nSPS) is 16.0. The first kappa shape index (κ1) is 16.9. The third-order valence-corrected chi connectivity index (χ3v) is 5.56. The summed E-state index contributed by atoms with van der Waals surface area (Å²) in [6, 6.07) is 11.5. The van der Waals surface area contributed by atoms with Crippen LogP contribution in [0.15, 0.2) is 46.6 Å². The highest BCUT2D eigenvalue weighted by molar-refractivity contribution is 7.09. The van der Waals surface area contributed by atoms with Crippen LogP contribution in [0.4, 0.5) is 0 Å². The zero-order valence-corrected chi connectivity index (χ0v) is 15.1. The van der Waals surface area contributed by atoms with Crippen LogP contribution in [0.1, 0.15) is 28.2 Å². The number of carbonyl (C=O) groups is 1. The summed E-state index contributed by atoms with van der Waals surface area (Å²) in [5.74, 6) is -0.395. The molecule has 1 aliphatic heterocycles. The van der Waals surface area contributed by atoms with Gasteiger partial charge in [0.15, 0.2) is 5.69 Å².